The van der Waals surface area contributed by atoms with Gasteiger partial charge in [-0.25, -0.2) is 9.97 Å². The molecule has 0 spiro atoms. The number of rotatable bonds is 7. The fourth-order valence-electron chi connectivity index (χ4n) is 4.18. The molecule has 3 heterocycles. The number of ether oxygens (including phenoxy) is 1. The zero-order valence-electron chi connectivity index (χ0n) is 22.8. The van der Waals surface area contributed by atoms with Gasteiger partial charge in [0.25, 0.3) is 0 Å². The van der Waals surface area contributed by atoms with Crippen molar-refractivity contribution in [3.8, 4) is 17.1 Å². The number of nitrogens with zero attached hydrogens (tertiary/aromatic N) is 5. The smallest absolute Gasteiger partial charge is 0.406 e. The van der Waals surface area contributed by atoms with Gasteiger partial charge < -0.3 is 15.0 Å². The summed E-state index contributed by atoms with van der Waals surface area (Å²) in [7, 11) is 4.06. The van der Waals surface area contributed by atoms with Gasteiger partial charge in [0.05, 0.1) is 11.7 Å². The summed E-state index contributed by atoms with van der Waals surface area (Å²) in [5, 5.41) is 4.36. The minimum absolute atomic E-state index is 0.171. The SMILES string of the molecule is CNCCN(C)c1nc(-c2ccnc(C)c2)nc2cncc(C3CC3)c12.Cc1ccc(OC(F)(F)F)cc1C. The lowest BCUT2D eigenvalue weighted by Gasteiger charge is -2.22. The van der Waals surface area contributed by atoms with E-state index in [1.807, 2.05) is 51.6 Å². The summed E-state index contributed by atoms with van der Waals surface area (Å²) in [6, 6.07) is 8.25. The highest BCUT2D eigenvalue weighted by atomic mass is 19.4. The van der Waals surface area contributed by atoms with Crippen molar-refractivity contribution < 1.29 is 17.9 Å². The molecule has 4 aromatic rings. The fraction of sp³-hybridized carbons (Fsp3) is 0.379. The normalized spacial score (nSPS) is 13.1. The number of hydrogen-bond donors (Lipinski definition) is 1. The van der Waals surface area contributed by atoms with Crippen molar-refractivity contribution >= 4 is 16.7 Å². The number of benzene rings is 1. The maximum Gasteiger partial charge on any atom is 0.573 e. The average Bonchev–Trinajstić information content (AvgIpc) is 3.73. The van der Waals surface area contributed by atoms with Crippen LogP contribution in [0.1, 0.15) is 41.1 Å². The molecule has 10 heteroatoms. The molecular weight excluding hydrogens is 505 g/mol. The lowest BCUT2D eigenvalue weighted by atomic mass is 10.1. The molecule has 5 rings (SSSR count). The standard InChI is InChI=1S/C20H24N6.C9H9F3O/c1-13-10-15(6-7-23-13)19-24-17-12-22-11-16(14-4-5-14)18(17)20(25-19)26(3)9-8-21-2;1-6-3-4-8(5-7(6)2)13-9(10,11)12/h6-7,10-12,14,21H,4-5,8-9H2,1-3H3;3-5H,1-2H3. The molecule has 0 bridgehead atoms. The van der Waals surface area contributed by atoms with E-state index >= 15 is 0 Å². The van der Waals surface area contributed by atoms with Gasteiger partial charge in [-0.3, -0.25) is 9.97 Å². The van der Waals surface area contributed by atoms with Crippen molar-refractivity contribution in [1.29, 1.82) is 0 Å². The Morgan fingerprint density at radius 2 is 1.79 bits per heavy atom. The van der Waals surface area contributed by atoms with E-state index in [2.05, 4.69) is 32.0 Å². The summed E-state index contributed by atoms with van der Waals surface area (Å²) in [6.45, 7) is 7.32. The second-order valence-electron chi connectivity index (χ2n) is 9.77. The zero-order valence-corrected chi connectivity index (χ0v) is 22.8. The van der Waals surface area contributed by atoms with E-state index in [0.717, 1.165) is 58.0 Å². The van der Waals surface area contributed by atoms with Crippen LogP contribution in [0.15, 0.2) is 48.9 Å². The highest BCUT2D eigenvalue weighted by Crippen LogP contribution is 2.44. The second-order valence-corrected chi connectivity index (χ2v) is 9.77. The molecule has 7 nitrogen and oxygen atoms in total. The van der Waals surface area contributed by atoms with Crippen LogP contribution in [0.5, 0.6) is 5.75 Å². The van der Waals surface area contributed by atoms with E-state index in [-0.39, 0.29) is 5.75 Å². The quantitative estimate of drug-likeness (QED) is 0.303. The van der Waals surface area contributed by atoms with Crippen molar-refractivity contribution in [3.63, 3.8) is 0 Å². The number of anilines is 1. The van der Waals surface area contributed by atoms with E-state index in [1.165, 1.54) is 30.5 Å². The van der Waals surface area contributed by atoms with E-state index in [4.69, 9.17) is 9.97 Å². The first kappa shape index (κ1) is 28.2. The van der Waals surface area contributed by atoms with Gasteiger partial charge >= 0.3 is 6.36 Å². The Kier molecular flexibility index (Phi) is 8.64. The molecule has 1 N–H and O–H groups in total. The molecular formula is C29H33F3N6O. The molecule has 0 amide bonds. The third-order valence-corrected chi connectivity index (χ3v) is 6.56. The van der Waals surface area contributed by atoms with Crippen LogP contribution in [0.4, 0.5) is 19.0 Å². The molecule has 1 saturated carbocycles. The van der Waals surface area contributed by atoms with Crippen LogP contribution in [0.3, 0.4) is 0 Å². The summed E-state index contributed by atoms with van der Waals surface area (Å²) in [5.74, 6) is 2.14. The molecule has 3 aromatic heterocycles. The van der Waals surface area contributed by atoms with Gasteiger partial charge in [-0.2, -0.15) is 0 Å². The molecule has 0 radical (unpaired) electrons. The molecule has 1 aromatic carbocycles. The molecule has 1 fully saturated rings. The van der Waals surface area contributed by atoms with Gasteiger partial charge in [-0.15, -0.1) is 13.2 Å². The van der Waals surface area contributed by atoms with Crippen LogP contribution in [-0.2, 0) is 0 Å². The number of nitrogens with one attached hydrogen (secondary N) is 1. The molecule has 39 heavy (non-hydrogen) atoms. The lowest BCUT2D eigenvalue weighted by molar-refractivity contribution is -0.274. The summed E-state index contributed by atoms with van der Waals surface area (Å²) in [4.78, 5) is 20.8. The molecule has 0 saturated heterocycles. The van der Waals surface area contributed by atoms with Crippen LogP contribution in [0.2, 0.25) is 0 Å². The van der Waals surface area contributed by atoms with Crippen LogP contribution in [0.25, 0.3) is 22.3 Å². The first-order valence-electron chi connectivity index (χ1n) is 12.8. The monoisotopic (exact) mass is 538 g/mol. The summed E-state index contributed by atoms with van der Waals surface area (Å²) in [5.41, 5.74) is 5.86. The third-order valence-electron chi connectivity index (χ3n) is 6.56. The van der Waals surface area contributed by atoms with Crippen LogP contribution < -0.4 is 15.0 Å². The Hall–Kier alpha value is -3.79. The Bertz CT molecular complexity index is 1440. The number of pyridine rings is 2. The Labute approximate surface area is 226 Å². The highest BCUT2D eigenvalue weighted by molar-refractivity contribution is 5.94. The van der Waals surface area contributed by atoms with Crippen molar-refractivity contribution in [1.82, 2.24) is 25.3 Å². The number of hydrogen-bond acceptors (Lipinski definition) is 7. The van der Waals surface area contributed by atoms with Gasteiger partial charge in [-0.05, 0) is 87.5 Å². The Balaban J connectivity index is 0.000000229. The van der Waals surface area contributed by atoms with E-state index < -0.39 is 6.36 Å². The largest absolute Gasteiger partial charge is 0.573 e. The van der Waals surface area contributed by atoms with Crippen molar-refractivity contribution in [3.05, 3.63) is 71.3 Å². The third kappa shape index (κ3) is 7.41. The van der Waals surface area contributed by atoms with Gasteiger partial charge in [0.2, 0.25) is 0 Å². The molecule has 0 unspecified atom stereocenters. The number of aromatic nitrogens is 4. The summed E-state index contributed by atoms with van der Waals surface area (Å²) in [6.07, 6.45) is 3.51. The number of fused-ring (bicyclic) bond motifs is 1. The predicted molar refractivity (Wildman–Crippen MR) is 147 cm³/mol. The van der Waals surface area contributed by atoms with E-state index in [0.29, 0.717) is 5.92 Å². The van der Waals surface area contributed by atoms with Gasteiger partial charge in [0.1, 0.15) is 11.6 Å². The minimum atomic E-state index is -4.61. The van der Waals surface area contributed by atoms with Crippen LogP contribution in [-0.4, -0.2) is 53.5 Å². The van der Waals surface area contributed by atoms with Crippen LogP contribution >= 0.6 is 0 Å². The van der Waals surface area contributed by atoms with Gasteiger partial charge in [0, 0.05) is 49.2 Å². The first-order chi connectivity index (χ1) is 18.6. The maximum atomic E-state index is 11.8. The molecule has 206 valence electrons. The highest BCUT2D eigenvalue weighted by Gasteiger charge is 2.31. The predicted octanol–water partition coefficient (Wildman–Crippen LogP) is 6.13. The topological polar surface area (TPSA) is 76.1 Å². The number of halogens is 3. The minimum Gasteiger partial charge on any atom is -0.406 e. The Morgan fingerprint density at radius 1 is 1.03 bits per heavy atom. The zero-order chi connectivity index (χ0) is 28.2. The van der Waals surface area contributed by atoms with Crippen molar-refractivity contribution in [2.75, 3.05) is 32.1 Å². The molecule has 0 aliphatic heterocycles. The van der Waals surface area contributed by atoms with Gasteiger partial charge in [0.15, 0.2) is 5.82 Å². The summed E-state index contributed by atoms with van der Waals surface area (Å²) >= 11 is 0. The van der Waals surface area contributed by atoms with E-state index in [1.54, 1.807) is 13.0 Å². The molecule has 1 aliphatic carbocycles. The number of alkyl halides is 3. The number of likely N-dealkylation sites (N-methyl/N-ethyl adjacent to an activating group) is 2. The van der Waals surface area contributed by atoms with Crippen molar-refractivity contribution in [2.45, 2.75) is 45.9 Å². The van der Waals surface area contributed by atoms with E-state index in [9.17, 15) is 13.2 Å². The lowest BCUT2D eigenvalue weighted by Crippen LogP contribution is -2.28. The molecule has 1 aliphatic rings. The van der Waals surface area contributed by atoms with Gasteiger partial charge in [-0.1, -0.05) is 6.07 Å². The Morgan fingerprint density at radius 3 is 2.44 bits per heavy atom. The first-order valence-corrected chi connectivity index (χ1v) is 12.8. The fourth-order valence-corrected chi connectivity index (χ4v) is 4.18. The van der Waals surface area contributed by atoms with Crippen molar-refractivity contribution in [2.24, 2.45) is 0 Å². The average molecular weight is 539 g/mol. The molecule has 0 atom stereocenters. The second kappa shape index (κ2) is 11.9. The summed E-state index contributed by atoms with van der Waals surface area (Å²) < 4.78 is 39.0. The number of aryl methyl sites for hydroxylation is 3. The maximum absolute atomic E-state index is 11.8. The van der Waals surface area contributed by atoms with Crippen LogP contribution in [0, 0.1) is 20.8 Å².